The number of aryl methyl sites for hydroxylation is 1. The summed E-state index contributed by atoms with van der Waals surface area (Å²) >= 11 is 0. The molecule has 0 radical (unpaired) electrons. The average Bonchev–Trinajstić information content (AvgIpc) is 3.60. The van der Waals surface area contributed by atoms with E-state index in [0.717, 1.165) is 22.3 Å². The lowest BCUT2D eigenvalue weighted by atomic mass is 9.80. The van der Waals surface area contributed by atoms with E-state index in [1.165, 1.54) is 0 Å². The molecule has 6 rings (SSSR count). The number of benzene rings is 5. The molecule has 0 saturated carbocycles. The molecular weight excluding hydrogens is 616 g/mol. The van der Waals surface area contributed by atoms with Crippen LogP contribution in [-0.4, -0.2) is 47.9 Å². The average molecular weight is 657 g/mol. The van der Waals surface area contributed by atoms with Crippen LogP contribution in [0.2, 0.25) is 0 Å². The normalized spacial score (nSPS) is 13.2. The van der Waals surface area contributed by atoms with Crippen molar-refractivity contribution in [2.45, 2.75) is 23.9 Å². The van der Waals surface area contributed by atoms with Gasteiger partial charge in [0.15, 0.2) is 12.2 Å². The maximum Gasteiger partial charge on any atom is 0.168 e. The molecule has 250 valence electrons. The first-order chi connectivity index (χ1) is 24.0. The predicted molar refractivity (Wildman–Crippen MR) is 188 cm³/mol. The minimum Gasteiger partial charge on any atom is -0.497 e. The van der Waals surface area contributed by atoms with E-state index < -0.39 is 23.9 Å². The smallest absolute Gasteiger partial charge is 0.168 e. The molecule has 1 aromatic heterocycles. The Morgan fingerprint density at radius 2 is 1.04 bits per heavy atom. The molecule has 49 heavy (non-hydrogen) atoms. The summed E-state index contributed by atoms with van der Waals surface area (Å²) in [6.45, 7) is -0.109. The van der Waals surface area contributed by atoms with Gasteiger partial charge in [0.25, 0.3) is 0 Å². The second-order valence-corrected chi connectivity index (χ2v) is 11.6. The Bertz CT molecular complexity index is 1770. The Morgan fingerprint density at radius 3 is 1.45 bits per heavy atom. The van der Waals surface area contributed by atoms with E-state index in [-0.39, 0.29) is 6.61 Å². The molecule has 1 N–H and O–H groups in total. The topological polar surface area (TPSA) is 84.2 Å². The SMILES string of the molecule is COc1ccc(O[C@@H]([C@H](O)COC(c2ccccc2)(c2ccccc2)c2ccccc2)[C@H](Oc2ccc(OC)cc2)c2cnn(C)c2)cc1. The number of hydrogen-bond donors (Lipinski definition) is 1. The number of aliphatic hydroxyl groups excluding tert-OH is 1. The van der Waals surface area contributed by atoms with Crippen molar-refractivity contribution in [3.05, 3.63) is 174 Å². The molecule has 8 nitrogen and oxygen atoms in total. The quantitative estimate of drug-likeness (QED) is 0.116. The molecule has 0 aliphatic heterocycles. The molecule has 0 bridgehead atoms. The van der Waals surface area contributed by atoms with Crippen molar-refractivity contribution >= 4 is 0 Å². The summed E-state index contributed by atoms with van der Waals surface area (Å²) in [5, 5.41) is 16.7. The van der Waals surface area contributed by atoms with Crippen LogP contribution in [0.4, 0.5) is 0 Å². The number of ether oxygens (including phenoxy) is 5. The molecule has 0 spiro atoms. The van der Waals surface area contributed by atoms with E-state index in [1.54, 1.807) is 37.2 Å². The van der Waals surface area contributed by atoms with Crippen molar-refractivity contribution in [1.82, 2.24) is 9.78 Å². The van der Waals surface area contributed by atoms with E-state index in [9.17, 15) is 5.11 Å². The van der Waals surface area contributed by atoms with Gasteiger partial charge in [0.05, 0.1) is 27.0 Å². The highest BCUT2D eigenvalue weighted by atomic mass is 16.6. The lowest BCUT2D eigenvalue weighted by Crippen LogP contribution is -2.45. The first-order valence-corrected chi connectivity index (χ1v) is 16.1. The third-order valence-electron chi connectivity index (χ3n) is 8.40. The minimum atomic E-state index is -1.18. The van der Waals surface area contributed by atoms with Crippen LogP contribution in [0.5, 0.6) is 23.0 Å². The van der Waals surface area contributed by atoms with Crippen LogP contribution in [0.25, 0.3) is 0 Å². The van der Waals surface area contributed by atoms with Crippen molar-refractivity contribution in [2.24, 2.45) is 7.05 Å². The Balaban J connectivity index is 1.42. The fraction of sp³-hybridized carbons (Fsp3) is 0.195. The summed E-state index contributed by atoms with van der Waals surface area (Å²) in [5.41, 5.74) is 2.44. The summed E-state index contributed by atoms with van der Waals surface area (Å²) < 4.78 is 32.7. The van der Waals surface area contributed by atoms with Gasteiger partial charge in [-0.3, -0.25) is 4.68 Å². The van der Waals surface area contributed by atoms with Gasteiger partial charge < -0.3 is 28.8 Å². The van der Waals surface area contributed by atoms with E-state index in [0.29, 0.717) is 23.0 Å². The molecule has 0 amide bonds. The molecule has 0 fully saturated rings. The minimum absolute atomic E-state index is 0.109. The predicted octanol–water partition coefficient (Wildman–Crippen LogP) is 7.37. The molecule has 6 aromatic rings. The van der Waals surface area contributed by atoms with Crippen LogP contribution in [0, 0.1) is 0 Å². The van der Waals surface area contributed by atoms with Gasteiger partial charge in [0.1, 0.15) is 34.7 Å². The molecule has 1 heterocycles. The zero-order valence-electron chi connectivity index (χ0n) is 27.8. The second kappa shape index (κ2) is 15.6. The highest BCUT2D eigenvalue weighted by Gasteiger charge is 2.41. The van der Waals surface area contributed by atoms with Crippen LogP contribution in [-0.2, 0) is 17.4 Å². The third-order valence-corrected chi connectivity index (χ3v) is 8.40. The number of methoxy groups -OCH3 is 2. The Hall–Kier alpha value is -5.57. The van der Waals surface area contributed by atoms with Gasteiger partial charge in [0.2, 0.25) is 0 Å². The summed E-state index contributed by atoms with van der Waals surface area (Å²) in [5.74, 6) is 2.48. The van der Waals surface area contributed by atoms with Crippen molar-refractivity contribution in [3.8, 4) is 23.0 Å². The van der Waals surface area contributed by atoms with Crippen LogP contribution < -0.4 is 18.9 Å². The largest absolute Gasteiger partial charge is 0.497 e. The van der Waals surface area contributed by atoms with E-state index in [4.69, 9.17) is 23.7 Å². The zero-order chi connectivity index (χ0) is 34.1. The summed E-state index contributed by atoms with van der Waals surface area (Å²) in [6.07, 6.45) is 0.658. The third kappa shape index (κ3) is 7.62. The van der Waals surface area contributed by atoms with Gasteiger partial charge >= 0.3 is 0 Å². The number of rotatable bonds is 15. The summed E-state index contributed by atoms with van der Waals surface area (Å²) in [7, 11) is 5.06. The highest BCUT2D eigenvalue weighted by Crippen LogP contribution is 2.41. The van der Waals surface area contributed by atoms with Crippen molar-refractivity contribution in [2.75, 3.05) is 20.8 Å². The number of aromatic nitrogens is 2. The first-order valence-electron chi connectivity index (χ1n) is 16.1. The van der Waals surface area contributed by atoms with Crippen molar-refractivity contribution in [3.63, 3.8) is 0 Å². The van der Waals surface area contributed by atoms with E-state index in [1.807, 2.05) is 141 Å². The summed E-state index contributed by atoms with van der Waals surface area (Å²) in [6, 6.07) is 44.7. The molecule has 0 aliphatic rings. The van der Waals surface area contributed by atoms with Crippen LogP contribution in [0.3, 0.4) is 0 Å². The molecular formula is C41H40N2O6. The number of nitrogens with zero attached hydrogens (tertiary/aromatic N) is 2. The first kappa shape index (κ1) is 33.3. The molecule has 8 heteroatoms. The Morgan fingerprint density at radius 1 is 0.612 bits per heavy atom. The zero-order valence-corrected chi connectivity index (χ0v) is 27.8. The highest BCUT2D eigenvalue weighted by molar-refractivity contribution is 5.47. The van der Waals surface area contributed by atoms with Gasteiger partial charge in [-0.2, -0.15) is 5.10 Å². The van der Waals surface area contributed by atoms with Crippen LogP contribution >= 0.6 is 0 Å². The molecule has 3 atom stereocenters. The van der Waals surface area contributed by atoms with E-state index in [2.05, 4.69) is 5.10 Å². The van der Waals surface area contributed by atoms with Gasteiger partial charge in [-0.15, -0.1) is 0 Å². The molecule has 0 saturated heterocycles. The van der Waals surface area contributed by atoms with Crippen molar-refractivity contribution < 1.29 is 28.8 Å². The Kier molecular flexibility index (Phi) is 10.6. The van der Waals surface area contributed by atoms with Gasteiger partial charge in [0, 0.05) is 18.8 Å². The van der Waals surface area contributed by atoms with Crippen molar-refractivity contribution in [1.29, 1.82) is 0 Å². The van der Waals surface area contributed by atoms with Gasteiger partial charge in [-0.05, 0) is 65.2 Å². The molecule has 0 unspecified atom stereocenters. The number of hydrogen-bond acceptors (Lipinski definition) is 7. The fourth-order valence-electron chi connectivity index (χ4n) is 5.94. The second-order valence-electron chi connectivity index (χ2n) is 11.6. The summed E-state index contributed by atoms with van der Waals surface area (Å²) in [4.78, 5) is 0. The van der Waals surface area contributed by atoms with Crippen LogP contribution in [0.1, 0.15) is 28.4 Å². The van der Waals surface area contributed by atoms with Crippen LogP contribution in [0.15, 0.2) is 152 Å². The lowest BCUT2D eigenvalue weighted by Gasteiger charge is -2.38. The maximum absolute atomic E-state index is 12.3. The fourth-order valence-corrected chi connectivity index (χ4v) is 5.94. The monoisotopic (exact) mass is 656 g/mol. The Labute approximate surface area is 287 Å². The number of aliphatic hydroxyl groups is 1. The van der Waals surface area contributed by atoms with Gasteiger partial charge in [-0.25, -0.2) is 0 Å². The van der Waals surface area contributed by atoms with Gasteiger partial charge in [-0.1, -0.05) is 91.0 Å². The standard InChI is InChI=1S/C41H40N2O6/c1-43-28-30(27-42-43)39(48-36-23-19-34(45-2)20-24-36)40(49-37-25-21-35(46-3)22-26-37)38(44)29-47-41(31-13-7-4-8-14-31,32-15-9-5-10-16-32)33-17-11-6-12-18-33/h4-28,38-40,44H,29H2,1-3H3/t38-,39-,40+/m1/s1. The van der Waals surface area contributed by atoms with E-state index >= 15 is 0 Å². The molecule has 5 aromatic carbocycles. The maximum atomic E-state index is 12.3. The lowest BCUT2D eigenvalue weighted by molar-refractivity contribution is -0.0973. The molecule has 0 aliphatic carbocycles.